The quantitative estimate of drug-likeness (QED) is 0.819. The van der Waals surface area contributed by atoms with Gasteiger partial charge in [0.1, 0.15) is 12.7 Å². The molecular weight excluding hydrogens is 242 g/mol. The van der Waals surface area contributed by atoms with Crippen molar-refractivity contribution in [3.63, 3.8) is 0 Å². The number of nitrogens with zero attached hydrogens (tertiary/aromatic N) is 5. The van der Waals surface area contributed by atoms with Crippen molar-refractivity contribution < 1.29 is 0 Å². The van der Waals surface area contributed by atoms with Gasteiger partial charge in [-0.1, -0.05) is 6.92 Å². The average Bonchev–Trinajstić information content (AvgIpc) is 3.02. The van der Waals surface area contributed by atoms with E-state index in [-0.39, 0.29) is 5.69 Å². The van der Waals surface area contributed by atoms with Crippen LogP contribution in [0.1, 0.15) is 37.8 Å². The van der Waals surface area contributed by atoms with E-state index in [1.807, 2.05) is 13.1 Å². The summed E-state index contributed by atoms with van der Waals surface area (Å²) in [6, 6.07) is 0.290. The van der Waals surface area contributed by atoms with Crippen LogP contribution in [0.5, 0.6) is 0 Å². The molecule has 0 N–H and O–H groups in total. The molecule has 2 heterocycles. The van der Waals surface area contributed by atoms with E-state index in [1.165, 1.54) is 17.4 Å². The normalized spacial score (nSPS) is 22.8. The second-order valence-corrected chi connectivity index (χ2v) is 5.35. The summed E-state index contributed by atoms with van der Waals surface area (Å²) in [6.45, 7) is 4.17. The van der Waals surface area contributed by atoms with Crippen LogP contribution < -0.4 is 5.69 Å². The zero-order chi connectivity index (χ0) is 13.4. The number of hydrogen-bond acceptors (Lipinski definition) is 4. The fourth-order valence-electron chi connectivity index (χ4n) is 2.80. The second kappa shape index (κ2) is 4.60. The Kier molecular flexibility index (Phi) is 2.93. The first-order valence-corrected chi connectivity index (χ1v) is 6.60. The van der Waals surface area contributed by atoms with E-state index in [9.17, 15) is 4.79 Å². The molecule has 1 aliphatic rings. The lowest BCUT2D eigenvalue weighted by atomic mass is 10.1. The van der Waals surface area contributed by atoms with Crippen molar-refractivity contribution >= 4 is 0 Å². The average molecular weight is 259 g/mol. The maximum atomic E-state index is 12.2. The maximum absolute atomic E-state index is 12.2. The van der Waals surface area contributed by atoms with Crippen molar-refractivity contribution in [2.45, 2.75) is 39.2 Å². The highest BCUT2D eigenvalue weighted by molar-refractivity contribution is 5.28. The summed E-state index contributed by atoms with van der Waals surface area (Å²) in [7, 11) is 0. The van der Waals surface area contributed by atoms with Crippen molar-refractivity contribution in [3.8, 4) is 5.82 Å². The third-order valence-corrected chi connectivity index (χ3v) is 3.80. The van der Waals surface area contributed by atoms with Crippen molar-refractivity contribution in [1.82, 2.24) is 24.3 Å². The molecule has 6 heteroatoms. The van der Waals surface area contributed by atoms with E-state index in [0.29, 0.717) is 17.8 Å². The Morgan fingerprint density at radius 2 is 2.21 bits per heavy atom. The van der Waals surface area contributed by atoms with E-state index in [1.54, 1.807) is 10.9 Å². The van der Waals surface area contributed by atoms with Gasteiger partial charge < -0.3 is 0 Å². The van der Waals surface area contributed by atoms with Gasteiger partial charge in [-0.2, -0.15) is 10.1 Å². The molecule has 0 radical (unpaired) electrons. The molecule has 0 aromatic carbocycles. The van der Waals surface area contributed by atoms with Crippen LogP contribution in [0.25, 0.3) is 5.82 Å². The summed E-state index contributed by atoms with van der Waals surface area (Å²) in [5, 5.41) is 4.02. The summed E-state index contributed by atoms with van der Waals surface area (Å²) in [5.41, 5.74) is 0.736. The van der Waals surface area contributed by atoms with Crippen LogP contribution in [0, 0.1) is 12.8 Å². The SMILES string of the molecule is Cc1cn([C@H]2CC[C@@H](C)C2)c(=O)nc1-n1cncn1. The van der Waals surface area contributed by atoms with Gasteiger partial charge in [0.25, 0.3) is 0 Å². The van der Waals surface area contributed by atoms with Gasteiger partial charge in [-0.15, -0.1) is 0 Å². The maximum Gasteiger partial charge on any atom is 0.349 e. The van der Waals surface area contributed by atoms with Crippen LogP contribution in [-0.2, 0) is 0 Å². The van der Waals surface area contributed by atoms with Gasteiger partial charge in [-0.25, -0.2) is 14.5 Å². The van der Waals surface area contributed by atoms with E-state index in [2.05, 4.69) is 22.0 Å². The van der Waals surface area contributed by atoms with Crippen LogP contribution in [0.15, 0.2) is 23.6 Å². The van der Waals surface area contributed by atoms with Gasteiger partial charge >= 0.3 is 5.69 Å². The Hall–Kier alpha value is -1.98. The van der Waals surface area contributed by atoms with Crippen molar-refractivity contribution in [3.05, 3.63) is 34.9 Å². The Labute approximate surface area is 111 Å². The minimum absolute atomic E-state index is 0.199. The number of hydrogen-bond donors (Lipinski definition) is 0. The molecule has 1 saturated carbocycles. The predicted octanol–water partition coefficient (Wildman–Crippen LogP) is 1.49. The third kappa shape index (κ3) is 2.18. The molecule has 0 bridgehead atoms. The lowest BCUT2D eigenvalue weighted by Gasteiger charge is -2.15. The smallest absolute Gasteiger partial charge is 0.296 e. The first-order valence-electron chi connectivity index (χ1n) is 6.60. The summed E-state index contributed by atoms with van der Waals surface area (Å²) in [6.07, 6.45) is 8.19. The first-order chi connectivity index (χ1) is 9.15. The van der Waals surface area contributed by atoms with Crippen LogP contribution in [0.2, 0.25) is 0 Å². The molecule has 100 valence electrons. The summed E-state index contributed by atoms with van der Waals surface area (Å²) >= 11 is 0. The Morgan fingerprint density at radius 1 is 1.37 bits per heavy atom. The molecule has 0 aliphatic heterocycles. The number of aromatic nitrogens is 5. The van der Waals surface area contributed by atoms with Crippen LogP contribution >= 0.6 is 0 Å². The molecule has 1 aliphatic carbocycles. The van der Waals surface area contributed by atoms with E-state index < -0.39 is 0 Å². The molecule has 0 amide bonds. The van der Waals surface area contributed by atoms with Gasteiger partial charge in [0.15, 0.2) is 5.82 Å². The van der Waals surface area contributed by atoms with Gasteiger partial charge in [0, 0.05) is 17.8 Å². The molecule has 1 fully saturated rings. The van der Waals surface area contributed by atoms with E-state index in [4.69, 9.17) is 0 Å². The lowest BCUT2D eigenvalue weighted by Crippen LogP contribution is -2.28. The standard InChI is InChI=1S/C13H17N5O/c1-9-3-4-11(5-9)17-6-10(2)12(16-13(17)19)18-8-14-7-15-18/h6-9,11H,3-5H2,1-2H3/t9-,11+/m1/s1. The highest BCUT2D eigenvalue weighted by Crippen LogP contribution is 2.33. The zero-order valence-electron chi connectivity index (χ0n) is 11.2. The Morgan fingerprint density at radius 3 is 2.84 bits per heavy atom. The fourth-order valence-corrected chi connectivity index (χ4v) is 2.80. The van der Waals surface area contributed by atoms with E-state index in [0.717, 1.165) is 18.4 Å². The predicted molar refractivity (Wildman–Crippen MR) is 70.2 cm³/mol. The summed E-state index contributed by atoms with van der Waals surface area (Å²) < 4.78 is 3.30. The van der Waals surface area contributed by atoms with E-state index >= 15 is 0 Å². The molecule has 6 nitrogen and oxygen atoms in total. The minimum Gasteiger partial charge on any atom is -0.296 e. The third-order valence-electron chi connectivity index (χ3n) is 3.80. The highest BCUT2D eigenvalue weighted by Gasteiger charge is 2.24. The van der Waals surface area contributed by atoms with Gasteiger partial charge in [0.05, 0.1) is 0 Å². The van der Waals surface area contributed by atoms with Gasteiger partial charge in [0.2, 0.25) is 0 Å². The van der Waals surface area contributed by atoms with Crippen LogP contribution in [-0.4, -0.2) is 24.3 Å². The fraction of sp³-hybridized carbons (Fsp3) is 0.538. The largest absolute Gasteiger partial charge is 0.349 e. The van der Waals surface area contributed by atoms with Gasteiger partial charge in [-0.05, 0) is 32.1 Å². The molecule has 0 spiro atoms. The highest BCUT2D eigenvalue weighted by atomic mass is 16.1. The molecular formula is C13H17N5O. The minimum atomic E-state index is -0.199. The van der Waals surface area contributed by atoms with Crippen LogP contribution in [0.3, 0.4) is 0 Å². The number of aryl methyl sites for hydroxylation is 1. The topological polar surface area (TPSA) is 65.6 Å². The molecule has 0 unspecified atom stereocenters. The number of rotatable bonds is 2. The Balaban J connectivity index is 2.01. The molecule has 19 heavy (non-hydrogen) atoms. The van der Waals surface area contributed by atoms with Crippen molar-refractivity contribution in [2.24, 2.45) is 5.92 Å². The molecule has 2 atom stereocenters. The zero-order valence-corrected chi connectivity index (χ0v) is 11.2. The van der Waals surface area contributed by atoms with Crippen molar-refractivity contribution in [2.75, 3.05) is 0 Å². The van der Waals surface area contributed by atoms with Crippen molar-refractivity contribution in [1.29, 1.82) is 0 Å². The Bertz CT molecular complexity index is 631. The molecule has 0 saturated heterocycles. The summed E-state index contributed by atoms with van der Waals surface area (Å²) in [5.74, 6) is 1.25. The molecule has 2 aromatic heterocycles. The second-order valence-electron chi connectivity index (χ2n) is 5.35. The van der Waals surface area contributed by atoms with Crippen LogP contribution in [0.4, 0.5) is 0 Å². The van der Waals surface area contributed by atoms with Gasteiger partial charge in [-0.3, -0.25) is 4.57 Å². The summed E-state index contributed by atoms with van der Waals surface area (Å²) in [4.78, 5) is 20.2. The lowest BCUT2D eigenvalue weighted by molar-refractivity contribution is 0.469. The monoisotopic (exact) mass is 259 g/mol. The first kappa shape index (κ1) is 12.1. The molecule has 2 aromatic rings. The molecule has 3 rings (SSSR count).